The first kappa shape index (κ1) is 20.6. The standard InChI is InChI=1S/C26H32N2O2/c1-18-17-19(23(29)28-15-5-6-16-28)7-12-22(18)27-24(30)26(13-14-26)21-10-8-20(9-11-21)25(2,3)4/h7-12,17H,5-6,13-16H2,1-4H3,(H,27,30). The van der Waals surface area contributed by atoms with Crippen LogP contribution in [0.3, 0.4) is 0 Å². The van der Waals surface area contributed by atoms with E-state index in [1.165, 1.54) is 5.56 Å². The number of amides is 2. The first-order valence-corrected chi connectivity index (χ1v) is 11.0. The summed E-state index contributed by atoms with van der Waals surface area (Å²) in [5.41, 5.74) is 4.45. The maximum Gasteiger partial charge on any atom is 0.253 e. The fourth-order valence-corrected chi connectivity index (χ4v) is 4.34. The zero-order valence-corrected chi connectivity index (χ0v) is 18.5. The van der Waals surface area contributed by atoms with E-state index < -0.39 is 5.41 Å². The van der Waals surface area contributed by atoms with Crippen LogP contribution in [-0.2, 0) is 15.6 Å². The van der Waals surface area contributed by atoms with Crippen molar-refractivity contribution < 1.29 is 9.59 Å². The van der Waals surface area contributed by atoms with Crippen molar-refractivity contribution in [2.45, 2.75) is 64.2 Å². The molecule has 158 valence electrons. The lowest BCUT2D eigenvalue weighted by Crippen LogP contribution is -2.29. The second kappa shape index (κ2) is 7.57. The van der Waals surface area contributed by atoms with Gasteiger partial charge in [-0.2, -0.15) is 0 Å². The summed E-state index contributed by atoms with van der Waals surface area (Å²) in [6.07, 6.45) is 3.91. The van der Waals surface area contributed by atoms with E-state index in [4.69, 9.17) is 0 Å². The van der Waals surface area contributed by atoms with Crippen molar-refractivity contribution in [3.63, 3.8) is 0 Å². The van der Waals surface area contributed by atoms with Gasteiger partial charge in [0.2, 0.25) is 5.91 Å². The summed E-state index contributed by atoms with van der Waals surface area (Å²) in [7, 11) is 0. The van der Waals surface area contributed by atoms with Gasteiger partial charge >= 0.3 is 0 Å². The van der Waals surface area contributed by atoms with Crippen molar-refractivity contribution in [1.29, 1.82) is 0 Å². The van der Waals surface area contributed by atoms with Gasteiger partial charge in [-0.05, 0) is 72.9 Å². The molecule has 2 fully saturated rings. The van der Waals surface area contributed by atoms with E-state index in [2.05, 4.69) is 50.4 Å². The molecule has 2 aromatic rings. The van der Waals surface area contributed by atoms with Crippen molar-refractivity contribution in [1.82, 2.24) is 4.90 Å². The smallest absolute Gasteiger partial charge is 0.253 e. The number of carbonyl (C=O) groups is 2. The van der Waals surface area contributed by atoms with Gasteiger partial charge in [-0.1, -0.05) is 45.0 Å². The van der Waals surface area contributed by atoms with Crippen LogP contribution in [0.15, 0.2) is 42.5 Å². The summed E-state index contributed by atoms with van der Waals surface area (Å²) >= 11 is 0. The minimum atomic E-state index is -0.424. The third-order valence-corrected chi connectivity index (χ3v) is 6.60. The van der Waals surface area contributed by atoms with E-state index in [0.717, 1.165) is 55.6 Å². The van der Waals surface area contributed by atoms with Gasteiger partial charge in [-0.15, -0.1) is 0 Å². The Morgan fingerprint density at radius 1 is 0.967 bits per heavy atom. The summed E-state index contributed by atoms with van der Waals surface area (Å²) in [5, 5.41) is 3.13. The molecule has 4 nitrogen and oxygen atoms in total. The molecule has 2 amide bonds. The van der Waals surface area contributed by atoms with Crippen LogP contribution in [0.5, 0.6) is 0 Å². The normalized spacial score (nSPS) is 17.7. The van der Waals surface area contributed by atoms with Gasteiger partial charge in [0.05, 0.1) is 5.41 Å². The molecule has 4 heteroatoms. The molecule has 0 spiro atoms. The van der Waals surface area contributed by atoms with E-state index in [1.807, 2.05) is 30.0 Å². The lowest BCUT2D eigenvalue weighted by molar-refractivity contribution is -0.118. The Hall–Kier alpha value is -2.62. The van der Waals surface area contributed by atoms with Crippen LogP contribution in [-0.4, -0.2) is 29.8 Å². The molecule has 0 radical (unpaired) electrons. The van der Waals surface area contributed by atoms with Gasteiger partial charge in [0.1, 0.15) is 0 Å². The van der Waals surface area contributed by atoms with Gasteiger partial charge in [-0.25, -0.2) is 0 Å². The Balaban J connectivity index is 1.49. The second-order valence-electron chi connectivity index (χ2n) is 9.89. The van der Waals surface area contributed by atoms with Crippen LogP contribution in [0.2, 0.25) is 0 Å². The Morgan fingerprint density at radius 3 is 2.13 bits per heavy atom. The number of nitrogens with zero attached hydrogens (tertiary/aromatic N) is 1. The largest absolute Gasteiger partial charge is 0.339 e. The second-order valence-corrected chi connectivity index (χ2v) is 9.89. The third-order valence-electron chi connectivity index (χ3n) is 6.60. The monoisotopic (exact) mass is 404 g/mol. The number of nitrogens with one attached hydrogen (secondary N) is 1. The molecular weight excluding hydrogens is 372 g/mol. The van der Waals surface area contributed by atoms with Crippen molar-refractivity contribution in [3.05, 3.63) is 64.7 Å². The lowest BCUT2D eigenvalue weighted by atomic mass is 9.85. The highest BCUT2D eigenvalue weighted by atomic mass is 16.2. The molecule has 0 atom stereocenters. The highest BCUT2D eigenvalue weighted by Gasteiger charge is 2.51. The summed E-state index contributed by atoms with van der Waals surface area (Å²) in [6, 6.07) is 14.1. The predicted molar refractivity (Wildman–Crippen MR) is 121 cm³/mol. The minimum Gasteiger partial charge on any atom is -0.339 e. The van der Waals surface area contributed by atoms with E-state index in [-0.39, 0.29) is 17.2 Å². The number of anilines is 1. The van der Waals surface area contributed by atoms with Crippen LogP contribution in [0.4, 0.5) is 5.69 Å². The van der Waals surface area contributed by atoms with E-state index in [9.17, 15) is 9.59 Å². The molecule has 1 aliphatic heterocycles. The highest BCUT2D eigenvalue weighted by molar-refractivity contribution is 6.02. The zero-order chi connectivity index (χ0) is 21.5. The summed E-state index contributed by atoms with van der Waals surface area (Å²) in [4.78, 5) is 27.7. The van der Waals surface area contributed by atoms with Crippen LogP contribution in [0.1, 0.15) is 73.5 Å². The molecule has 4 rings (SSSR count). The van der Waals surface area contributed by atoms with Crippen LogP contribution >= 0.6 is 0 Å². The maximum atomic E-state index is 13.2. The number of hydrogen-bond donors (Lipinski definition) is 1. The van der Waals surface area contributed by atoms with Gasteiger partial charge in [0.15, 0.2) is 0 Å². The first-order chi connectivity index (χ1) is 14.2. The molecule has 1 heterocycles. The van der Waals surface area contributed by atoms with Gasteiger partial charge in [0.25, 0.3) is 5.91 Å². The number of likely N-dealkylation sites (tertiary alicyclic amines) is 1. The highest BCUT2D eigenvalue weighted by Crippen LogP contribution is 2.49. The van der Waals surface area contributed by atoms with E-state index >= 15 is 0 Å². The van der Waals surface area contributed by atoms with E-state index in [1.54, 1.807) is 0 Å². The minimum absolute atomic E-state index is 0.0488. The van der Waals surface area contributed by atoms with Crippen LogP contribution < -0.4 is 5.32 Å². The van der Waals surface area contributed by atoms with Gasteiger partial charge in [0, 0.05) is 24.3 Å². The SMILES string of the molecule is Cc1cc(C(=O)N2CCCC2)ccc1NC(=O)C1(c2ccc(C(C)(C)C)cc2)CC1. The molecule has 0 bridgehead atoms. The molecule has 1 saturated heterocycles. The average Bonchev–Trinajstić information content (AvgIpc) is 3.35. The van der Waals surface area contributed by atoms with Crippen molar-refractivity contribution in [2.24, 2.45) is 0 Å². The quantitative estimate of drug-likeness (QED) is 0.761. The molecule has 0 aromatic heterocycles. The zero-order valence-electron chi connectivity index (χ0n) is 18.5. The van der Waals surface area contributed by atoms with Crippen molar-refractivity contribution in [2.75, 3.05) is 18.4 Å². The number of aryl methyl sites for hydroxylation is 1. The third kappa shape index (κ3) is 3.88. The summed E-state index contributed by atoms with van der Waals surface area (Å²) in [5.74, 6) is 0.138. The molecule has 2 aromatic carbocycles. The predicted octanol–water partition coefficient (Wildman–Crippen LogP) is 5.20. The number of hydrogen-bond acceptors (Lipinski definition) is 2. The Bertz CT molecular complexity index is 960. The number of rotatable bonds is 4. The Kier molecular flexibility index (Phi) is 5.21. The van der Waals surface area contributed by atoms with Crippen LogP contribution in [0, 0.1) is 6.92 Å². The van der Waals surface area contributed by atoms with Crippen LogP contribution in [0.25, 0.3) is 0 Å². The number of benzene rings is 2. The molecule has 0 unspecified atom stereocenters. The average molecular weight is 405 g/mol. The molecule has 1 aliphatic carbocycles. The maximum absolute atomic E-state index is 13.2. The lowest BCUT2D eigenvalue weighted by Gasteiger charge is -2.21. The summed E-state index contributed by atoms with van der Waals surface area (Å²) in [6.45, 7) is 10.2. The fraction of sp³-hybridized carbons (Fsp3) is 0.462. The number of carbonyl (C=O) groups excluding carboxylic acids is 2. The van der Waals surface area contributed by atoms with Gasteiger partial charge < -0.3 is 10.2 Å². The Morgan fingerprint density at radius 2 is 1.60 bits per heavy atom. The molecule has 2 aliphatic rings. The molecular formula is C26H32N2O2. The fourth-order valence-electron chi connectivity index (χ4n) is 4.34. The summed E-state index contributed by atoms with van der Waals surface area (Å²) < 4.78 is 0. The van der Waals surface area contributed by atoms with E-state index in [0.29, 0.717) is 5.56 Å². The molecule has 1 saturated carbocycles. The van der Waals surface area contributed by atoms with Crippen molar-refractivity contribution in [3.8, 4) is 0 Å². The van der Waals surface area contributed by atoms with Gasteiger partial charge in [-0.3, -0.25) is 9.59 Å². The molecule has 1 N–H and O–H groups in total. The first-order valence-electron chi connectivity index (χ1n) is 11.0. The molecule has 30 heavy (non-hydrogen) atoms. The van der Waals surface area contributed by atoms with Crippen molar-refractivity contribution >= 4 is 17.5 Å². The Labute approximate surface area is 179 Å². The topological polar surface area (TPSA) is 49.4 Å².